The predicted octanol–water partition coefficient (Wildman–Crippen LogP) is 7.99. The first-order chi connectivity index (χ1) is 18.9. The highest BCUT2D eigenvalue weighted by molar-refractivity contribution is 7.93. The summed E-state index contributed by atoms with van der Waals surface area (Å²) >= 11 is 18.3. The molecule has 1 amide bonds. The van der Waals surface area contributed by atoms with Gasteiger partial charge in [-0.15, -0.1) is 0 Å². The minimum atomic E-state index is -4.69. The van der Waals surface area contributed by atoms with Crippen molar-refractivity contribution in [2.45, 2.75) is 24.2 Å². The average Bonchev–Trinajstić information content (AvgIpc) is 2.91. The van der Waals surface area contributed by atoms with Crippen LogP contribution in [-0.4, -0.2) is 14.3 Å². The minimum absolute atomic E-state index is 0.0308. The van der Waals surface area contributed by atoms with E-state index in [9.17, 15) is 26.4 Å². The Labute approximate surface area is 244 Å². The molecule has 0 unspecified atom stereocenters. The van der Waals surface area contributed by atoms with Crippen LogP contribution in [0.3, 0.4) is 0 Å². The third-order valence-corrected chi connectivity index (χ3v) is 8.69. The summed E-state index contributed by atoms with van der Waals surface area (Å²) < 4.78 is 69.1. The maximum atomic E-state index is 13.9. The van der Waals surface area contributed by atoms with Crippen LogP contribution in [0.4, 0.5) is 18.9 Å². The van der Waals surface area contributed by atoms with E-state index in [0.717, 1.165) is 28.6 Å². The molecule has 5 nitrogen and oxygen atoms in total. The van der Waals surface area contributed by atoms with Crippen molar-refractivity contribution >= 4 is 56.4 Å². The van der Waals surface area contributed by atoms with Gasteiger partial charge in [0.15, 0.2) is 0 Å². The average molecular weight is 628 g/mol. The Hall–Kier alpha value is -3.24. The molecule has 0 bridgehead atoms. The lowest BCUT2D eigenvalue weighted by molar-refractivity contribution is -0.137. The SMILES string of the molecule is O=C(NCc1ccc(Cl)cc1Cl)c1ccc(Cl)c(S(=O)(=O)N(Cc2ccccc2)c2cccc(C(F)(F)F)c2)c1. The molecule has 0 radical (unpaired) electrons. The molecule has 12 heteroatoms. The van der Waals surface area contributed by atoms with Crippen LogP contribution in [0, 0.1) is 0 Å². The van der Waals surface area contributed by atoms with Gasteiger partial charge in [0.05, 0.1) is 22.8 Å². The third kappa shape index (κ3) is 6.90. The second-order valence-corrected chi connectivity index (χ2v) is 11.7. The molecule has 4 rings (SSSR count). The van der Waals surface area contributed by atoms with Crippen molar-refractivity contribution in [3.05, 3.63) is 128 Å². The molecule has 0 saturated heterocycles. The van der Waals surface area contributed by atoms with Gasteiger partial charge < -0.3 is 5.32 Å². The Morgan fingerprint density at radius 2 is 1.55 bits per heavy atom. The van der Waals surface area contributed by atoms with Gasteiger partial charge in [0, 0.05) is 22.2 Å². The molecule has 0 heterocycles. The van der Waals surface area contributed by atoms with E-state index >= 15 is 0 Å². The summed E-state index contributed by atoms with van der Waals surface area (Å²) in [6.45, 7) is -0.254. The lowest BCUT2D eigenvalue weighted by Gasteiger charge is -2.26. The van der Waals surface area contributed by atoms with Gasteiger partial charge in [0.1, 0.15) is 4.90 Å². The highest BCUT2D eigenvalue weighted by atomic mass is 35.5. The normalized spacial score (nSPS) is 11.8. The molecule has 0 aliphatic rings. The summed E-state index contributed by atoms with van der Waals surface area (Å²) in [7, 11) is -4.56. The highest BCUT2D eigenvalue weighted by Crippen LogP contribution is 2.35. The molecule has 0 spiro atoms. The van der Waals surface area contributed by atoms with E-state index in [1.54, 1.807) is 42.5 Å². The number of nitrogens with one attached hydrogen (secondary N) is 1. The summed E-state index contributed by atoms with van der Waals surface area (Å²) in [6, 6.07) is 20.8. The molecule has 0 aliphatic heterocycles. The molecule has 0 aromatic heterocycles. The zero-order valence-electron chi connectivity index (χ0n) is 20.4. The van der Waals surface area contributed by atoms with Crippen LogP contribution in [-0.2, 0) is 29.3 Å². The number of halogens is 6. The molecule has 0 saturated carbocycles. The Balaban J connectivity index is 1.71. The van der Waals surface area contributed by atoms with Crippen molar-refractivity contribution in [2.75, 3.05) is 4.31 Å². The second-order valence-electron chi connectivity index (χ2n) is 8.61. The molecule has 1 N–H and O–H groups in total. The maximum absolute atomic E-state index is 13.9. The fourth-order valence-electron chi connectivity index (χ4n) is 3.81. The van der Waals surface area contributed by atoms with Gasteiger partial charge in [-0.05, 0) is 59.7 Å². The van der Waals surface area contributed by atoms with Crippen molar-refractivity contribution < 1.29 is 26.4 Å². The third-order valence-electron chi connectivity index (χ3n) is 5.85. The Kier molecular flexibility index (Phi) is 8.99. The van der Waals surface area contributed by atoms with E-state index in [1.807, 2.05) is 0 Å². The van der Waals surface area contributed by atoms with Gasteiger partial charge in [-0.25, -0.2) is 8.42 Å². The van der Waals surface area contributed by atoms with E-state index in [2.05, 4.69) is 5.32 Å². The number of rotatable bonds is 8. The number of hydrogen-bond acceptors (Lipinski definition) is 3. The van der Waals surface area contributed by atoms with E-state index in [4.69, 9.17) is 34.8 Å². The Morgan fingerprint density at radius 3 is 2.23 bits per heavy atom. The first-order valence-electron chi connectivity index (χ1n) is 11.6. The van der Waals surface area contributed by atoms with Crippen molar-refractivity contribution in [3.63, 3.8) is 0 Å². The topological polar surface area (TPSA) is 66.5 Å². The fraction of sp³-hybridized carbons (Fsp3) is 0.107. The smallest absolute Gasteiger partial charge is 0.348 e. The zero-order valence-corrected chi connectivity index (χ0v) is 23.5. The molecule has 0 atom stereocenters. The van der Waals surface area contributed by atoms with E-state index < -0.39 is 32.6 Å². The van der Waals surface area contributed by atoms with E-state index in [-0.39, 0.29) is 29.4 Å². The summed E-state index contributed by atoms with van der Waals surface area (Å²) in [5.74, 6) is -0.618. The lowest BCUT2D eigenvalue weighted by Crippen LogP contribution is -2.31. The van der Waals surface area contributed by atoms with Gasteiger partial charge >= 0.3 is 6.18 Å². The Morgan fingerprint density at radius 1 is 0.825 bits per heavy atom. The fourth-order valence-corrected chi connectivity index (χ4v) is 6.23. The zero-order chi connectivity index (χ0) is 29.1. The van der Waals surface area contributed by atoms with Crippen LogP contribution in [0.5, 0.6) is 0 Å². The monoisotopic (exact) mass is 626 g/mol. The number of alkyl halides is 3. The van der Waals surface area contributed by atoms with Gasteiger partial charge in [-0.3, -0.25) is 9.10 Å². The van der Waals surface area contributed by atoms with Crippen molar-refractivity contribution in [1.29, 1.82) is 0 Å². The van der Waals surface area contributed by atoms with E-state index in [1.165, 1.54) is 24.3 Å². The molecule has 40 heavy (non-hydrogen) atoms. The predicted molar refractivity (Wildman–Crippen MR) is 150 cm³/mol. The minimum Gasteiger partial charge on any atom is -0.348 e. The van der Waals surface area contributed by atoms with Crippen molar-refractivity contribution in [1.82, 2.24) is 5.32 Å². The number of carbonyl (C=O) groups is 1. The summed E-state index contributed by atoms with van der Waals surface area (Å²) in [5, 5.41) is 3.21. The van der Waals surface area contributed by atoms with Gasteiger partial charge in [0.2, 0.25) is 0 Å². The Bertz CT molecular complexity index is 1650. The van der Waals surface area contributed by atoms with Crippen LogP contribution >= 0.6 is 34.8 Å². The number of carbonyl (C=O) groups excluding carboxylic acids is 1. The number of amides is 1. The standard InChI is InChI=1S/C28H20Cl3F3N2O3S/c29-22-11-9-20(25(31)15-22)16-35-27(37)19-10-12-24(30)26(13-19)40(38,39)36(17-18-5-2-1-3-6-18)23-8-4-7-21(14-23)28(32,33)34/h1-15H,16-17H2,(H,35,37). The van der Waals surface area contributed by atoms with Crippen molar-refractivity contribution in [3.8, 4) is 0 Å². The number of hydrogen-bond donors (Lipinski definition) is 1. The second kappa shape index (κ2) is 12.1. The molecule has 0 fully saturated rings. The van der Waals surface area contributed by atoms with Gasteiger partial charge in [-0.1, -0.05) is 77.3 Å². The van der Waals surface area contributed by atoms with Crippen LogP contribution < -0.4 is 9.62 Å². The molecule has 208 valence electrons. The van der Waals surface area contributed by atoms with Crippen molar-refractivity contribution in [2.24, 2.45) is 0 Å². The summed E-state index contributed by atoms with van der Waals surface area (Å²) in [6.07, 6.45) is -4.69. The number of anilines is 1. The van der Waals surface area contributed by atoms with Crippen LogP contribution in [0.15, 0.2) is 95.9 Å². The maximum Gasteiger partial charge on any atom is 0.416 e. The first-order valence-corrected chi connectivity index (χ1v) is 14.2. The highest BCUT2D eigenvalue weighted by Gasteiger charge is 2.33. The van der Waals surface area contributed by atoms with Crippen LogP contribution in [0.2, 0.25) is 15.1 Å². The summed E-state index contributed by atoms with van der Waals surface area (Å²) in [4.78, 5) is 12.5. The van der Waals surface area contributed by atoms with Crippen LogP contribution in [0.1, 0.15) is 27.0 Å². The van der Waals surface area contributed by atoms with Crippen LogP contribution in [0.25, 0.3) is 0 Å². The number of benzene rings is 4. The number of sulfonamides is 1. The molecule has 4 aromatic carbocycles. The molecular formula is C28H20Cl3F3N2O3S. The molecular weight excluding hydrogens is 608 g/mol. The first kappa shape index (κ1) is 29.7. The largest absolute Gasteiger partial charge is 0.416 e. The molecule has 0 aliphatic carbocycles. The van der Waals surface area contributed by atoms with E-state index in [0.29, 0.717) is 21.2 Å². The quantitative estimate of drug-likeness (QED) is 0.215. The van der Waals surface area contributed by atoms with Gasteiger partial charge in [0.25, 0.3) is 15.9 Å². The lowest BCUT2D eigenvalue weighted by atomic mass is 10.2. The summed E-state index contributed by atoms with van der Waals surface area (Å²) in [5.41, 5.74) is -0.162. The van der Waals surface area contributed by atoms with Gasteiger partial charge in [-0.2, -0.15) is 13.2 Å². The number of nitrogens with zero attached hydrogens (tertiary/aromatic N) is 1. The molecule has 4 aromatic rings.